The summed E-state index contributed by atoms with van der Waals surface area (Å²) in [5.41, 5.74) is 5.79. The second kappa shape index (κ2) is 12.8. The number of nitrogens with one attached hydrogen (secondary N) is 1. The van der Waals surface area contributed by atoms with Crippen molar-refractivity contribution in [2.24, 2.45) is 5.92 Å². The Hall–Kier alpha value is -2.52. The van der Waals surface area contributed by atoms with Gasteiger partial charge in [0.05, 0.1) is 12.9 Å². The number of carbonyl (C=O) groups is 1. The predicted molar refractivity (Wildman–Crippen MR) is 106 cm³/mol. The number of rotatable bonds is 7. The highest BCUT2D eigenvalue weighted by Gasteiger charge is 2.15. The average molecular weight is 381 g/mol. The number of nitrogen functional groups attached to an aromatic ring is 1. The minimum absolute atomic E-state index is 0.00333. The van der Waals surface area contributed by atoms with Gasteiger partial charge in [-0.1, -0.05) is 13.8 Å². The molecule has 0 saturated carbocycles. The fraction of sp³-hybridized carbons (Fsp3) is 0.556. The van der Waals surface area contributed by atoms with E-state index < -0.39 is 0 Å². The standard InChI is InChI=1S/C10H13N5O2.C6H14O2.C2H4/c1-5(2)6(16)3-15-9(17)7-8(13-4-12-7)14-10(15)11;1-4-7-6(3)8-5-2;1-2/h4-5H,3H2,1-2H3,(H2,11,14)(H,12,13);6H,4-5H2,1-3H3;1-2H2. The zero-order valence-corrected chi connectivity index (χ0v) is 16.8. The molecule has 0 unspecified atom stereocenters. The molecular formula is C18H31N5O4. The second-order valence-corrected chi connectivity index (χ2v) is 5.56. The van der Waals surface area contributed by atoms with E-state index in [1.807, 2.05) is 20.8 Å². The lowest BCUT2D eigenvalue weighted by atomic mass is 10.1. The number of nitrogens with two attached hydrogens (primary N) is 1. The number of fused-ring (bicyclic) bond motifs is 1. The van der Waals surface area contributed by atoms with Crippen LogP contribution >= 0.6 is 0 Å². The molecule has 0 aliphatic heterocycles. The molecule has 27 heavy (non-hydrogen) atoms. The van der Waals surface area contributed by atoms with Gasteiger partial charge in [-0.2, -0.15) is 4.98 Å². The summed E-state index contributed by atoms with van der Waals surface area (Å²) >= 11 is 0. The van der Waals surface area contributed by atoms with E-state index in [2.05, 4.69) is 28.1 Å². The van der Waals surface area contributed by atoms with Crippen LogP contribution in [0.25, 0.3) is 11.2 Å². The summed E-state index contributed by atoms with van der Waals surface area (Å²) in [4.78, 5) is 34.1. The Kier molecular flexibility index (Phi) is 11.6. The Balaban J connectivity index is 0.000000574. The molecule has 0 amide bonds. The quantitative estimate of drug-likeness (QED) is 0.556. The topological polar surface area (TPSA) is 125 Å². The first-order valence-electron chi connectivity index (χ1n) is 8.77. The summed E-state index contributed by atoms with van der Waals surface area (Å²) < 4.78 is 11.3. The van der Waals surface area contributed by atoms with Crippen LogP contribution in [-0.4, -0.2) is 44.8 Å². The molecule has 0 saturated heterocycles. The summed E-state index contributed by atoms with van der Waals surface area (Å²) in [5.74, 6) is -0.221. The van der Waals surface area contributed by atoms with E-state index in [-0.39, 0.29) is 47.2 Å². The summed E-state index contributed by atoms with van der Waals surface area (Å²) in [7, 11) is 0. The Morgan fingerprint density at radius 1 is 1.26 bits per heavy atom. The van der Waals surface area contributed by atoms with Gasteiger partial charge in [-0.05, 0) is 20.8 Å². The first-order valence-corrected chi connectivity index (χ1v) is 8.77. The fourth-order valence-electron chi connectivity index (χ4n) is 1.95. The van der Waals surface area contributed by atoms with Gasteiger partial charge in [0.1, 0.15) is 0 Å². The van der Waals surface area contributed by atoms with Gasteiger partial charge in [0.15, 0.2) is 23.2 Å². The molecule has 152 valence electrons. The summed E-state index contributed by atoms with van der Waals surface area (Å²) in [6, 6.07) is 0. The van der Waals surface area contributed by atoms with Crippen LogP contribution < -0.4 is 11.3 Å². The van der Waals surface area contributed by atoms with Crippen molar-refractivity contribution in [3.8, 4) is 0 Å². The lowest BCUT2D eigenvalue weighted by molar-refractivity contribution is -0.123. The van der Waals surface area contributed by atoms with Gasteiger partial charge < -0.3 is 20.2 Å². The molecule has 2 aromatic heterocycles. The third-order valence-corrected chi connectivity index (χ3v) is 3.34. The van der Waals surface area contributed by atoms with Crippen LogP contribution in [0.2, 0.25) is 0 Å². The van der Waals surface area contributed by atoms with Crippen LogP contribution in [-0.2, 0) is 20.8 Å². The van der Waals surface area contributed by atoms with Gasteiger partial charge in [0, 0.05) is 19.1 Å². The monoisotopic (exact) mass is 381 g/mol. The predicted octanol–water partition coefficient (Wildman–Crippen LogP) is 2.13. The van der Waals surface area contributed by atoms with E-state index in [0.29, 0.717) is 0 Å². The molecule has 2 heterocycles. The lowest BCUT2D eigenvalue weighted by Gasteiger charge is -2.09. The van der Waals surface area contributed by atoms with Crippen molar-refractivity contribution in [2.45, 2.75) is 47.5 Å². The maximum absolute atomic E-state index is 12.0. The molecule has 9 nitrogen and oxygen atoms in total. The van der Waals surface area contributed by atoms with Crippen molar-refractivity contribution >= 4 is 22.9 Å². The number of aromatic nitrogens is 4. The second-order valence-electron chi connectivity index (χ2n) is 5.56. The summed E-state index contributed by atoms with van der Waals surface area (Å²) in [6.07, 6.45) is 1.33. The van der Waals surface area contributed by atoms with Crippen molar-refractivity contribution < 1.29 is 14.3 Å². The van der Waals surface area contributed by atoms with Gasteiger partial charge in [-0.25, -0.2) is 4.98 Å². The van der Waals surface area contributed by atoms with E-state index in [0.717, 1.165) is 17.8 Å². The number of hydrogen-bond acceptors (Lipinski definition) is 7. The third-order valence-electron chi connectivity index (χ3n) is 3.34. The van der Waals surface area contributed by atoms with E-state index in [1.165, 1.54) is 6.33 Å². The van der Waals surface area contributed by atoms with Crippen LogP contribution in [0.3, 0.4) is 0 Å². The molecule has 2 rings (SSSR count). The maximum atomic E-state index is 12.0. The molecule has 0 spiro atoms. The van der Waals surface area contributed by atoms with Crippen LogP contribution in [0.4, 0.5) is 5.95 Å². The molecular weight excluding hydrogens is 350 g/mol. The van der Waals surface area contributed by atoms with E-state index in [4.69, 9.17) is 15.2 Å². The number of aromatic amines is 1. The molecule has 9 heteroatoms. The van der Waals surface area contributed by atoms with Crippen molar-refractivity contribution in [1.29, 1.82) is 0 Å². The summed E-state index contributed by atoms with van der Waals surface area (Å²) in [5, 5.41) is 0. The van der Waals surface area contributed by atoms with Crippen molar-refractivity contribution in [1.82, 2.24) is 19.5 Å². The van der Waals surface area contributed by atoms with Crippen molar-refractivity contribution in [3.63, 3.8) is 0 Å². The van der Waals surface area contributed by atoms with Gasteiger partial charge in [-0.3, -0.25) is 14.2 Å². The minimum atomic E-state index is -0.376. The number of H-pyrrole nitrogens is 1. The number of ether oxygens (including phenoxy) is 2. The maximum Gasteiger partial charge on any atom is 0.281 e. The molecule has 0 fully saturated rings. The first-order chi connectivity index (χ1) is 12.8. The molecule has 2 aromatic rings. The van der Waals surface area contributed by atoms with Crippen molar-refractivity contribution in [3.05, 3.63) is 29.8 Å². The van der Waals surface area contributed by atoms with Gasteiger partial charge in [-0.15, -0.1) is 13.2 Å². The number of carbonyl (C=O) groups excluding carboxylic acids is 1. The Labute approximate surface area is 159 Å². The molecule has 0 radical (unpaired) electrons. The molecule has 0 atom stereocenters. The van der Waals surface area contributed by atoms with Crippen LogP contribution in [0.15, 0.2) is 24.3 Å². The van der Waals surface area contributed by atoms with Crippen LogP contribution in [0.1, 0.15) is 34.6 Å². The summed E-state index contributed by atoms with van der Waals surface area (Å²) in [6.45, 7) is 16.7. The lowest BCUT2D eigenvalue weighted by Crippen LogP contribution is -2.29. The minimum Gasteiger partial charge on any atom is -0.369 e. The van der Waals surface area contributed by atoms with Crippen LogP contribution in [0, 0.1) is 5.92 Å². The number of anilines is 1. The molecule has 0 aliphatic rings. The van der Waals surface area contributed by atoms with E-state index in [9.17, 15) is 9.59 Å². The number of hydrogen-bond donors (Lipinski definition) is 2. The number of Topliss-reactive ketones (excluding diaryl/α,β-unsaturated/α-hetero) is 1. The molecule has 3 N–H and O–H groups in total. The van der Waals surface area contributed by atoms with E-state index >= 15 is 0 Å². The first kappa shape index (κ1) is 24.5. The number of nitrogens with zero attached hydrogens (tertiary/aromatic N) is 3. The zero-order chi connectivity index (χ0) is 21.0. The van der Waals surface area contributed by atoms with Crippen molar-refractivity contribution in [2.75, 3.05) is 18.9 Å². The highest BCUT2D eigenvalue weighted by Crippen LogP contribution is 2.05. The highest BCUT2D eigenvalue weighted by molar-refractivity contribution is 5.81. The van der Waals surface area contributed by atoms with Gasteiger partial charge in [0.25, 0.3) is 5.56 Å². The molecule has 0 aliphatic carbocycles. The number of imidazole rings is 1. The van der Waals surface area contributed by atoms with Gasteiger partial charge in [0.2, 0.25) is 5.95 Å². The Morgan fingerprint density at radius 2 is 1.81 bits per heavy atom. The fourth-order valence-corrected chi connectivity index (χ4v) is 1.95. The molecule has 0 aromatic carbocycles. The molecule has 0 bridgehead atoms. The Bertz CT molecular complexity index is 748. The SMILES string of the molecule is C=C.CC(C)C(=O)Cn1c(N)nc2nc[nH]c2c1=O.CCOC(C)OCC. The van der Waals surface area contributed by atoms with E-state index in [1.54, 1.807) is 13.8 Å². The normalized spacial score (nSPS) is 10.3. The largest absolute Gasteiger partial charge is 0.369 e. The smallest absolute Gasteiger partial charge is 0.281 e. The number of ketones is 1. The average Bonchev–Trinajstić information content (AvgIpc) is 3.09. The zero-order valence-electron chi connectivity index (χ0n) is 16.8. The highest BCUT2D eigenvalue weighted by atomic mass is 16.7. The van der Waals surface area contributed by atoms with Gasteiger partial charge >= 0.3 is 0 Å². The van der Waals surface area contributed by atoms with Crippen LogP contribution in [0.5, 0.6) is 0 Å². The Morgan fingerprint density at radius 3 is 2.30 bits per heavy atom. The third kappa shape index (κ3) is 7.71.